The van der Waals surface area contributed by atoms with Gasteiger partial charge in [-0.1, -0.05) is 36.4 Å². The van der Waals surface area contributed by atoms with Gasteiger partial charge in [0, 0.05) is 13.0 Å². The van der Waals surface area contributed by atoms with Crippen LogP contribution in [0.2, 0.25) is 0 Å². The number of hydrogen-bond donors (Lipinski definition) is 2. The van der Waals surface area contributed by atoms with Crippen LogP contribution in [0, 0.1) is 11.8 Å². The lowest BCUT2D eigenvalue weighted by molar-refractivity contribution is -0.160. The number of aliphatic hydroxyl groups excluding tert-OH is 1. The molecular weight excluding hydrogens is 580 g/mol. The number of rotatable bonds is 15. The predicted molar refractivity (Wildman–Crippen MR) is 163 cm³/mol. The Morgan fingerprint density at radius 2 is 2.07 bits per heavy atom. The smallest absolute Gasteiger partial charge is 0.312 e. The van der Waals surface area contributed by atoms with Gasteiger partial charge >= 0.3 is 5.97 Å². The first-order valence-corrected chi connectivity index (χ1v) is 15.6. The van der Waals surface area contributed by atoms with E-state index in [9.17, 15) is 24.3 Å². The summed E-state index contributed by atoms with van der Waals surface area (Å²) in [5, 5.41) is 21.5. The molecule has 1 aromatic carbocycles. The molecule has 3 fully saturated rings. The lowest BCUT2D eigenvalue weighted by Crippen LogP contribution is -2.58. The van der Waals surface area contributed by atoms with Crippen molar-refractivity contribution >= 4 is 34.7 Å². The number of likely N-dealkylation sites (tertiary alicyclic amines) is 1. The van der Waals surface area contributed by atoms with Crippen LogP contribution in [0.3, 0.4) is 0 Å². The summed E-state index contributed by atoms with van der Waals surface area (Å²) < 4.78 is 13.9. The van der Waals surface area contributed by atoms with Gasteiger partial charge in [0.2, 0.25) is 17.7 Å². The molecule has 13 nitrogen and oxygen atoms in total. The van der Waals surface area contributed by atoms with Gasteiger partial charge in [-0.25, -0.2) is 4.68 Å². The van der Waals surface area contributed by atoms with Crippen LogP contribution in [0.4, 0.5) is 0 Å². The summed E-state index contributed by atoms with van der Waals surface area (Å²) in [6, 6.07) is 5.66. The molecule has 2 bridgehead atoms. The summed E-state index contributed by atoms with van der Waals surface area (Å²) in [7, 11) is 0. The van der Waals surface area contributed by atoms with Gasteiger partial charge < -0.3 is 29.7 Å². The van der Waals surface area contributed by atoms with E-state index in [1.807, 2.05) is 31.2 Å². The Labute approximate surface area is 262 Å². The molecule has 5 rings (SSSR count). The van der Waals surface area contributed by atoms with Gasteiger partial charge in [-0.15, -0.1) is 18.3 Å². The summed E-state index contributed by atoms with van der Waals surface area (Å²) >= 11 is 0. The van der Waals surface area contributed by atoms with Crippen LogP contribution in [0.1, 0.15) is 46.0 Å². The summed E-state index contributed by atoms with van der Waals surface area (Å²) in [5.74, 6) is -3.45. The summed E-state index contributed by atoms with van der Waals surface area (Å²) in [5.41, 5.74) is 0.149. The second kappa shape index (κ2) is 13.5. The fraction of sp³-hybridized carbons (Fsp3) is 0.562. The number of para-hydroxylation sites is 1. The Hall–Kier alpha value is -4.10. The Kier molecular flexibility index (Phi) is 9.68. The molecule has 0 aliphatic carbocycles. The molecule has 1 spiro atoms. The number of benzene rings is 1. The maximum atomic E-state index is 14.6. The third kappa shape index (κ3) is 5.86. The minimum Gasteiger partial charge on any atom is -0.460 e. The number of carbonyl (C=O) groups excluding carboxylic acids is 4. The van der Waals surface area contributed by atoms with E-state index in [1.54, 1.807) is 28.7 Å². The summed E-state index contributed by atoms with van der Waals surface area (Å²) in [6.07, 6.45) is 4.09. The molecule has 13 heteroatoms. The average molecular weight is 623 g/mol. The Morgan fingerprint density at radius 1 is 1.29 bits per heavy atom. The van der Waals surface area contributed by atoms with Crippen molar-refractivity contribution in [2.24, 2.45) is 11.8 Å². The Morgan fingerprint density at radius 3 is 2.78 bits per heavy atom. The highest BCUT2D eigenvalue weighted by molar-refractivity contribution is 5.98. The van der Waals surface area contributed by atoms with E-state index >= 15 is 0 Å². The van der Waals surface area contributed by atoms with E-state index in [0.717, 1.165) is 5.52 Å². The minimum atomic E-state index is -1.27. The van der Waals surface area contributed by atoms with Crippen molar-refractivity contribution in [3.63, 3.8) is 0 Å². The zero-order chi connectivity index (χ0) is 32.3. The van der Waals surface area contributed by atoms with Gasteiger partial charge in [0.15, 0.2) is 0 Å². The molecular formula is C32H42N6O7. The van der Waals surface area contributed by atoms with E-state index < -0.39 is 53.6 Å². The standard InChI is InChI=1S/C32H42N6O7/c1-5-8-13-25(40)33-17-20(4)44-31(43)26-24-14-15-32(45-24)27(26)29(41)38(21(7-3)18-39)28(32)30(42)36(16-6-2)19-37-23-12-10-9-11-22(23)34-35-37/h5-6,9-12,20-21,24,26-28,39H,1-2,7-8,13-19H2,3-4H3,(H,33,40)/t20-,21+,24+,26-,27-,28+,32-/m1/s1. The van der Waals surface area contributed by atoms with Crippen molar-refractivity contribution in [1.82, 2.24) is 30.1 Å². The molecule has 4 heterocycles. The van der Waals surface area contributed by atoms with Gasteiger partial charge in [0.05, 0.1) is 42.6 Å². The van der Waals surface area contributed by atoms with Gasteiger partial charge in [-0.2, -0.15) is 0 Å². The van der Waals surface area contributed by atoms with Crippen molar-refractivity contribution in [3.8, 4) is 0 Å². The molecule has 7 atom stereocenters. The Balaban J connectivity index is 1.42. The molecule has 45 heavy (non-hydrogen) atoms. The van der Waals surface area contributed by atoms with Gasteiger partial charge in [0.25, 0.3) is 0 Å². The molecule has 3 amide bonds. The first-order chi connectivity index (χ1) is 21.7. The molecule has 3 saturated heterocycles. The van der Waals surface area contributed by atoms with Crippen LogP contribution < -0.4 is 5.32 Å². The number of allylic oxidation sites excluding steroid dienone is 1. The molecule has 1 aromatic heterocycles. The average Bonchev–Trinajstić information content (AvgIpc) is 3.79. The van der Waals surface area contributed by atoms with E-state index in [-0.39, 0.29) is 44.6 Å². The van der Waals surface area contributed by atoms with Crippen LogP contribution >= 0.6 is 0 Å². The summed E-state index contributed by atoms with van der Waals surface area (Å²) in [4.78, 5) is 57.5. The monoisotopic (exact) mass is 622 g/mol. The summed E-state index contributed by atoms with van der Waals surface area (Å²) in [6.45, 7) is 10.9. The highest BCUT2D eigenvalue weighted by Gasteiger charge is 2.75. The maximum Gasteiger partial charge on any atom is 0.312 e. The second-order valence-electron chi connectivity index (χ2n) is 12.0. The number of carbonyl (C=O) groups is 4. The third-order valence-corrected chi connectivity index (χ3v) is 9.19. The van der Waals surface area contributed by atoms with Crippen molar-refractivity contribution < 1.29 is 33.8 Å². The Bertz CT molecular complexity index is 1460. The lowest BCUT2D eigenvalue weighted by Gasteiger charge is -2.39. The van der Waals surface area contributed by atoms with E-state index in [1.165, 1.54) is 4.90 Å². The quantitative estimate of drug-likeness (QED) is 0.222. The van der Waals surface area contributed by atoms with Gasteiger partial charge in [0.1, 0.15) is 29.9 Å². The molecule has 0 unspecified atom stereocenters. The van der Waals surface area contributed by atoms with E-state index in [0.29, 0.717) is 31.2 Å². The maximum absolute atomic E-state index is 14.6. The number of esters is 1. The number of aliphatic hydroxyl groups is 1. The molecule has 2 N–H and O–H groups in total. The SMILES string of the molecule is C=CCCC(=O)NC[C@@H](C)OC(=O)[C@@H]1[C@@H]2CC[C@]3(O2)[C@H](C(=O)N(CC=C)Cn2nnc4ccccc42)N([C@@H](CC)CO)C(=O)[C@@H]13. The first-order valence-electron chi connectivity index (χ1n) is 15.6. The molecule has 242 valence electrons. The lowest BCUT2D eigenvalue weighted by atomic mass is 9.70. The van der Waals surface area contributed by atoms with Crippen LogP contribution in [0.15, 0.2) is 49.6 Å². The molecule has 0 radical (unpaired) electrons. The fourth-order valence-electron chi connectivity index (χ4n) is 7.07. The van der Waals surface area contributed by atoms with Crippen LogP contribution in [0.25, 0.3) is 11.0 Å². The van der Waals surface area contributed by atoms with Crippen LogP contribution in [-0.4, -0.2) is 103 Å². The molecule has 2 aromatic rings. The van der Waals surface area contributed by atoms with Crippen molar-refractivity contribution in [2.45, 2.75) is 82.5 Å². The van der Waals surface area contributed by atoms with Crippen molar-refractivity contribution in [2.75, 3.05) is 19.7 Å². The zero-order valence-corrected chi connectivity index (χ0v) is 25.8. The number of nitrogens with one attached hydrogen (secondary N) is 1. The second-order valence-corrected chi connectivity index (χ2v) is 12.0. The predicted octanol–water partition coefficient (Wildman–Crippen LogP) is 1.56. The van der Waals surface area contributed by atoms with E-state index in [4.69, 9.17) is 9.47 Å². The first kappa shape index (κ1) is 32.3. The third-order valence-electron chi connectivity index (χ3n) is 9.19. The minimum absolute atomic E-state index is 0.0471. The number of aromatic nitrogens is 3. The van der Waals surface area contributed by atoms with Gasteiger partial charge in [-0.3, -0.25) is 19.2 Å². The number of amides is 3. The number of ether oxygens (including phenoxy) is 2. The largest absolute Gasteiger partial charge is 0.460 e. The van der Waals surface area contributed by atoms with Crippen molar-refractivity contribution in [1.29, 1.82) is 0 Å². The topological polar surface area (TPSA) is 156 Å². The molecule has 3 aliphatic heterocycles. The number of nitrogens with zero attached hydrogens (tertiary/aromatic N) is 5. The fourth-order valence-corrected chi connectivity index (χ4v) is 7.07. The molecule has 3 aliphatic rings. The number of fused-ring (bicyclic) bond motifs is 2. The highest BCUT2D eigenvalue weighted by atomic mass is 16.6. The van der Waals surface area contributed by atoms with Crippen LogP contribution in [0.5, 0.6) is 0 Å². The molecule has 0 saturated carbocycles. The van der Waals surface area contributed by atoms with E-state index in [2.05, 4.69) is 28.8 Å². The number of hydrogen-bond acceptors (Lipinski definition) is 9. The normalized spacial score (nSPS) is 26.4. The zero-order valence-electron chi connectivity index (χ0n) is 25.8. The van der Waals surface area contributed by atoms with Crippen LogP contribution in [-0.2, 0) is 35.3 Å². The van der Waals surface area contributed by atoms with Crippen molar-refractivity contribution in [3.05, 3.63) is 49.6 Å². The van der Waals surface area contributed by atoms with Gasteiger partial charge in [-0.05, 0) is 44.7 Å². The highest BCUT2D eigenvalue weighted by Crippen LogP contribution is 2.59.